The van der Waals surface area contributed by atoms with E-state index in [1.54, 1.807) is 0 Å². The summed E-state index contributed by atoms with van der Waals surface area (Å²) in [5, 5.41) is 0. The normalized spacial score (nSPS) is 25.5. The molecule has 0 spiro atoms. The van der Waals surface area contributed by atoms with Crippen LogP contribution in [0.15, 0.2) is 0 Å². The fourth-order valence-corrected chi connectivity index (χ4v) is 2.68. The summed E-state index contributed by atoms with van der Waals surface area (Å²) in [5.41, 5.74) is 0. The molecule has 0 bridgehead atoms. The molecule has 0 N–H and O–H groups in total. The summed E-state index contributed by atoms with van der Waals surface area (Å²) in [7, 11) is 0. The first kappa shape index (κ1) is 14.7. The summed E-state index contributed by atoms with van der Waals surface area (Å²) in [6.45, 7) is 7.31. The number of hydrogen-bond donors (Lipinski definition) is 0. The minimum atomic E-state index is -0.322. The molecule has 0 aromatic rings. The van der Waals surface area contributed by atoms with Gasteiger partial charge in [-0.2, -0.15) is 0 Å². The van der Waals surface area contributed by atoms with Crippen molar-refractivity contribution in [1.29, 1.82) is 0 Å². The van der Waals surface area contributed by atoms with Crippen LogP contribution in [0.2, 0.25) is 0 Å². The summed E-state index contributed by atoms with van der Waals surface area (Å²) in [4.78, 5) is 12.0. The predicted molar refractivity (Wildman–Crippen MR) is 67.8 cm³/mol. The molecular weight excluding hydrogens is 216 g/mol. The number of carbonyl (C=O) groups is 1. The Balaban J connectivity index is 2.59. The third kappa shape index (κ3) is 4.40. The van der Waals surface area contributed by atoms with Crippen LogP contribution in [0.4, 0.5) is 0 Å². The molecule has 1 saturated carbocycles. The molecule has 0 aliphatic heterocycles. The van der Waals surface area contributed by atoms with Crippen LogP contribution in [-0.2, 0) is 14.3 Å². The van der Waals surface area contributed by atoms with Crippen molar-refractivity contribution < 1.29 is 14.3 Å². The average Bonchev–Trinajstić information content (AvgIpc) is 2.32. The molecule has 100 valence electrons. The van der Waals surface area contributed by atoms with Gasteiger partial charge in [0.05, 0.1) is 5.92 Å². The largest absolute Gasteiger partial charge is 0.352 e. The van der Waals surface area contributed by atoms with Crippen molar-refractivity contribution in [2.24, 2.45) is 11.8 Å². The lowest BCUT2D eigenvalue weighted by Crippen LogP contribution is -2.37. The standard InChI is InChI=1S/C14H26O3/c1-4-7-11-8-9-13(15)12(10-11)14(16-5-2)17-6-3/h11-12,14H,4-10H2,1-3H3. The van der Waals surface area contributed by atoms with E-state index < -0.39 is 0 Å². The van der Waals surface area contributed by atoms with Crippen molar-refractivity contribution in [2.45, 2.75) is 59.2 Å². The summed E-state index contributed by atoms with van der Waals surface area (Å²) in [6.07, 6.45) is 4.78. The smallest absolute Gasteiger partial charge is 0.167 e. The second-order valence-corrected chi connectivity index (χ2v) is 4.78. The maximum Gasteiger partial charge on any atom is 0.167 e. The number of ether oxygens (including phenoxy) is 2. The zero-order valence-corrected chi connectivity index (χ0v) is 11.4. The highest BCUT2D eigenvalue weighted by Gasteiger charge is 2.35. The summed E-state index contributed by atoms with van der Waals surface area (Å²) < 4.78 is 11.2. The average molecular weight is 242 g/mol. The lowest BCUT2D eigenvalue weighted by Gasteiger charge is -2.32. The first-order chi connectivity index (χ1) is 8.22. The van der Waals surface area contributed by atoms with E-state index in [4.69, 9.17) is 9.47 Å². The molecule has 2 unspecified atom stereocenters. The Bertz CT molecular complexity index is 222. The zero-order chi connectivity index (χ0) is 12.7. The van der Waals surface area contributed by atoms with Gasteiger partial charge in [-0.25, -0.2) is 0 Å². The van der Waals surface area contributed by atoms with Crippen molar-refractivity contribution in [2.75, 3.05) is 13.2 Å². The number of Topliss-reactive ketones (excluding diaryl/α,β-unsaturated/α-hetero) is 1. The van der Waals surface area contributed by atoms with Gasteiger partial charge in [0.15, 0.2) is 6.29 Å². The second-order valence-electron chi connectivity index (χ2n) is 4.78. The van der Waals surface area contributed by atoms with E-state index in [1.807, 2.05) is 13.8 Å². The highest BCUT2D eigenvalue weighted by molar-refractivity contribution is 5.82. The second kappa shape index (κ2) is 7.83. The molecule has 1 fully saturated rings. The van der Waals surface area contributed by atoms with Gasteiger partial charge in [0, 0.05) is 19.6 Å². The zero-order valence-electron chi connectivity index (χ0n) is 11.4. The van der Waals surface area contributed by atoms with Gasteiger partial charge in [0.2, 0.25) is 0 Å². The van der Waals surface area contributed by atoms with Gasteiger partial charge in [-0.05, 0) is 32.6 Å². The highest BCUT2D eigenvalue weighted by Crippen LogP contribution is 2.32. The van der Waals surface area contributed by atoms with Gasteiger partial charge < -0.3 is 9.47 Å². The van der Waals surface area contributed by atoms with Gasteiger partial charge in [-0.1, -0.05) is 19.8 Å². The lowest BCUT2D eigenvalue weighted by molar-refractivity contribution is -0.180. The summed E-state index contributed by atoms with van der Waals surface area (Å²) >= 11 is 0. The fraction of sp³-hybridized carbons (Fsp3) is 0.929. The molecule has 1 rings (SSSR count). The molecular formula is C14H26O3. The van der Waals surface area contributed by atoms with E-state index in [2.05, 4.69) is 6.92 Å². The van der Waals surface area contributed by atoms with Crippen LogP contribution in [0.25, 0.3) is 0 Å². The molecule has 3 nitrogen and oxygen atoms in total. The predicted octanol–water partition coefficient (Wildman–Crippen LogP) is 3.17. The molecule has 0 radical (unpaired) electrons. The third-order valence-corrected chi connectivity index (χ3v) is 3.49. The maximum atomic E-state index is 12.0. The van der Waals surface area contributed by atoms with Crippen LogP contribution in [-0.4, -0.2) is 25.3 Å². The molecule has 17 heavy (non-hydrogen) atoms. The van der Waals surface area contributed by atoms with Gasteiger partial charge in [-0.15, -0.1) is 0 Å². The Kier molecular flexibility index (Phi) is 6.75. The molecule has 0 amide bonds. The summed E-state index contributed by atoms with van der Waals surface area (Å²) in [6, 6.07) is 0. The van der Waals surface area contributed by atoms with Crippen molar-refractivity contribution in [3.8, 4) is 0 Å². The fourth-order valence-electron chi connectivity index (χ4n) is 2.68. The van der Waals surface area contributed by atoms with Gasteiger partial charge >= 0.3 is 0 Å². The Hall–Kier alpha value is -0.410. The van der Waals surface area contributed by atoms with E-state index in [1.165, 1.54) is 12.8 Å². The van der Waals surface area contributed by atoms with Crippen molar-refractivity contribution in [3.63, 3.8) is 0 Å². The first-order valence-electron chi connectivity index (χ1n) is 6.98. The van der Waals surface area contributed by atoms with Crippen LogP contribution < -0.4 is 0 Å². The Morgan fingerprint density at radius 3 is 2.41 bits per heavy atom. The minimum Gasteiger partial charge on any atom is -0.352 e. The molecule has 1 aliphatic rings. The monoisotopic (exact) mass is 242 g/mol. The number of ketones is 1. The van der Waals surface area contributed by atoms with Crippen LogP contribution >= 0.6 is 0 Å². The van der Waals surface area contributed by atoms with E-state index >= 15 is 0 Å². The summed E-state index contributed by atoms with van der Waals surface area (Å²) in [5.74, 6) is 0.954. The lowest BCUT2D eigenvalue weighted by atomic mass is 9.78. The van der Waals surface area contributed by atoms with Crippen molar-refractivity contribution in [1.82, 2.24) is 0 Å². The highest BCUT2D eigenvalue weighted by atomic mass is 16.7. The number of rotatable bonds is 7. The van der Waals surface area contributed by atoms with Crippen LogP contribution in [0, 0.1) is 11.8 Å². The molecule has 1 aliphatic carbocycles. The Morgan fingerprint density at radius 1 is 1.24 bits per heavy atom. The number of hydrogen-bond acceptors (Lipinski definition) is 3. The molecule has 0 aromatic heterocycles. The molecule has 0 saturated heterocycles. The van der Waals surface area contributed by atoms with E-state index in [0.717, 1.165) is 12.8 Å². The van der Waals surface area contributed by atoms with Crippen molar-refractivity contribution >= 4 is 5.78 Å². The Morgan fingerprint density at radius 2 is 1.88 bits per heavy atom. The molecule has 0 aromatic carbocycles. The molecule has 2 atom stereocenters. The van der Waals surface area contributed by atoms with Gasteiger partial charge in [0.25, 0.3) is 0 Å². The van der Waals surface area contributed by atoms with Gasteiger partial charge in [-0.3, -0.25) is 4.79 Å². The molecule has 0 heterocycles. The molecule has 3 heteroatoms. The SMILES string of the molecule is CCCC1CCC(=O)C(C(OCC)OCC)C1. The van der Waals surface area contributed by atoms with Crippen LogP contribution in [0.5, 0.6) is 0 Å². The minimum absolute atomic E-state index is 0.0415. The number of carbonyl (C=O) groups excluding carboxylic acids is 1. The topological polar surface area (TPSA) is 35.5 Å². The quantitative estimate of drug-likeness (QED) is 0.643. The van der Waals surface area contributed by atoms with Crippen molar-refractivity contribution in [3.05, 3.63) is 0 Å². The third-order valence-electron chi connectivity index (χ3n) is 3.49. The van der Waals surface area contributed by atoms with Crippen LogP contribution in [0.3, 0.4) is 0 Å². The van der Waals surface area contributed by atoms with Gasteiger partial charge in [0.1, 0.15) is 5.78 Å². The van der Waals surface area contributed by atoms with Crippen LogP contribution in [0.1, 0.15) is 52.9 Å². The Labute approximate surface area is 105 Å². The maximum absolute atomic E-state index is 12.0. The van der Waals surface area contributed by atoms with E-state index in [0.29, 0.717) is 31.3 Å². The van der Waals surface area contributed by atoms with E-state index in [9.17, 15) is 4.79 Å². The first-order valence-corrected chi connectivity index (χ1v) is 6.98. The van der Waals surface area contributed by atoms with E-state index in [-0.39, 0.29) is 12.2 Å².